The van der Waals surface area contributed by atoms with Gasteiger partial charge in [-0.3, -0.25) is 9.69 Å². The van der Waals surface area contributed by atoms with Gasteiger partial charge in [-0.1, -0.05) is 17.7 Å². The number of benzene rings is 1. The third-order valence-electron chi connectivity index (χ3n) is 5.18. The highest BCUT2D eigenvalue weighted by Crippen LogP contribution is 2.41. The number of pyridine rings is 1. The quantitative estimate of drug-likeness (QED) is 0.717. The van der Waals surface area contributed by atoms with Gasteiger partial charge in [0.15, 0.2) is 0 Å². The van der Waals surface area contributed by atoms with Crippen LogP contribution in [0.3, 0.4) is 0 Å². The Morgan fingerprint density at radius 1 is 1.17 bits per heavy atom. The van der Waals surface area contributed by atoms with Gasteiger partial charge >= 0.3 is 0 Å². The van der Waals surface area contributed by atoms with Crippen molar-refractivity contribution in [1.82, 2.24) is 9.88 Å². The first kappa shape index (κ1) is 21.9. The number of carbonyl (C=O) groups excluding carboxylic acids is 1. The summed E-state index contributed by atoms with van der Waals surface area (Å²) in [6, 6.07) is 6.77. The number of aromatic nitrogens is 1. The number of halogens is 1. The van der Waals surface area contributed by atoms with Gasteiger partial charge in [0.05, 0.1) is 38.0 Å². The van der Waals surface area contributed by atoms with Gasteiger partial charge in [-0.05, 0) is 31.1 Å². The summed E-state index contributed by atoms with van der Waals surface area (Å²) >= 11 is 5.84. The predicted octanol–water partition coefficient (Wildman–Crippen LogP) is 3.88. The number of hydrogen-bond donors (Lipinski definition) is 1. The van der Waals surface area contributed by atoms with Crippen molar-refractivity contribution in [1.29, 1.82) is 0 Å². The van der Waals surface area contributed by atoms with Crippen LogP contribution in [-0.2, 0) is 4.79 Å². The molecule has 1 atom stereocenters. The zero-order valence-electron chi connectivity index (χ0n) is 17.6. The number of anilines is 1. The van der Waals surface area contributed by atoms with E-state index >= 15 is 0 Å². The van der Waals surface area contributed by atoms with Crippen molar-refractivity contribution < 1.29 is 19.0 Å². The van der Waals surface area contributed by atoms with E-state index in [-0.39, 0.29) is 11.9 Å². The average Bonchev–Trinajstić information content (AvgIpc) is 2.79. The number of nitrogens with one attached hydrogen (secondary N) is 1. The van der Waals surface area contributed by atoms with Crippen LogP contribution in [0.25, 0.3) is 5.57 Å². The molecule has 0 fully saturated rings. The van der Waals surface area contributed by atoms with E-state index in [0.717, 1.165) is 24.1 Å². The molecule has 1 amide bonds. The number of rotatable bonds is 7. The van der Waals surface area contributed by atoms with Crippen molar-refractivity contribution in [2.45, 2.75) is 19.4 Å². The molecule has 1 aliphatic rings. The first-order valence-electron chi connectivity index (χ1n) is 9.62. The van der Waals surface area contributed by atoms with Crippen molar-refractivity contribution in [2.24, 2.45) is 0 Å². The van der Waals surface area contributed by atoms with E-state index in [2.05, 4.69) is 21.3 Å². The molecule has 0 saturated carbocycles. The summed E-state index contributed by atoms with van der Waals surface area (Å²) in [4.78, 5) is 18.8. The second-order valence-electron chi connectivity index (χ2n) is 6.91. The molecule has 0 spiro atoms. The molecule has 0 bridgehead atoms. The Bertz CT molecular complexity index is 905. The molecule has 1 aliphatic heterocycles. The number of amides is 1. The Morgan fingerprint density at radius 3 is 2.37 bits per heavy atom. The van der Waals surface area contributed by atoms with Gasteiger partial charge in [0.2, 0.25) is 5.91 Å². The zero-order valence-corrected chi connectivity index (χ0v) is 18.3. The lowest BCUT2D eigenvalue weighted by Crippen LogP contribution is -2.44. The van der Waals surface area contributed by atoms with E-state index in [0.29, 0.717) is 34.6 Å². The van der Waals surface area contributed by atoms with E-state index in [1.54, 1.807) is 33.5 Å². The molecule has 160 valence electrons. The summed E-state index contributed by atoms with van der Waals surface area (Å²) in [5.74, 6) is 2.45. The molecule has 7 nitrogen and oxygen atoms in total. The predicted molar refractivity (Wildman–Crippen MR) is 118 cm³/mol. The van der Waals surface area contributed by atoms with Gasteiger partial charge in [0.25, 0.3) is 0 Å². The highest BCUT2D eigenvalue weighted by atomic mass is 35.5. The van der Waals surface area contributed by atoms with E-state index in [9.17, 15) is 4.79 Å². The monoisotopic (exact) mass is 431 g/mol. The molecule has 2 heterocycles. The van der Waals surface area contributed by atoms with Crippen molar-refractivity contribution in [2.75, 3.05) is 39.7 Å². The highest BCUT2D eigenvalue weighted by Gasteiger charge is 2.26. The van der Waals surface area contributed by atoms with Crippen LogP contribution in [0.2, 0.25) is 5.02 Å². The van der Waals surface area contributed by atoms with Gasteiger partial charge in [-0.2, -0.15) is 0 Å². The largest absolute Gasteiger partial charge is 0.496 e. The molecule has 2 aromatic rings. The number of ether oxygens (including phenoxy) is 3. The molecule has 1 aromatic carbocycles. The molecule has 8 heteroatoms. The highest BCUT2D eigenvalue weighted by molar-refractivity contribution is 6.30. The summed E-state index contributed by atoms with van der Waals surface area (Å²) in [6.07, 6.45) is 4.38. The zero-order chi connectivity index (χ0) is 21.7. The van der Waals surface area contributed by atoms with E-state index in [1.807, 2.05) is 19.1 Å². The van der Waals surface area contributed by atoms with Crippen LogP contribution in [0.5, 0.6) is 17.2 Å². The number of carbonyl (C=O) groups is 1. The van der Waals surface area contributed by atoms with Crippen molar-refractivity contribution in [3.63, 3.8) is 0 Å². The Morgan fingerprint density at radius 2 is 1.87 bits per heavy atom. The molecule has 30 heavy (non-hydrogen) atoms. The van der Waals surface area contributed by atoms with E-state index in [1.165, 1.54) is 6.20 Å². The standard InChI is InChI=1S/C22H26ClN3O4/c1-14(22(27)25-20-6-5-16(23)13-24-20)26-9-7-15(8-10-26)21-18(29-3)11-17(28-2)12-19(21)30-4/h5-7,11-14H,8-10H2,1-4H3,(H,24,25,27)/t14-/m0/s1. The molecule has 1 aromatic heterocycles. The lowest BCUT2D eigenvalue weighted by atomic mass is 9.96. The fourth-order valence-electron chi connectivity index (χ4n) is 3.43. The summed E-state index contributed by atoms with van der Waals surface area (Å²) < 4.78 is 16.5. The second-order valence-corrected chi connectivity index (χ2v) is 7.34. The smallest absolute Gasteiger partial charge is 0.242 e. The van der Waals surface area contributed by atoms with Crippen LogP contribution in [-0.4, -0.2) is 56.3 Å². The summed E-state index contributed by atoms with van der Waals surface area (Å²) in [5, 5.41) is 3.36. The van der Waals surface area contributed by atoms with Gasteiger partial charge in [0.1, 0.15) is 23.1 Å². The first-order valence-corrected chi connectivity index (χ1v) is 10.0. The molecular weight excluding hydrogens is 406 g/mol. The molecule has 0 unspecified atom stereocenters. The van der Waals surface area contributed by atoms with Gasteiger partial charge in [-0.15, -0.1) is 0 Å². The van der Waals surface area contributed by atoms with Gasteiger partial charge in [0, 0.05) is 31.4 Å². The lowest BCUT2D eigenvalue weighted by molar-refractivity contribution is -0.120. The molecule has 3 rings (SSSR count). The minimum atomic E-state index is -0.306. The molecule has 0 aliphatic carbocycles. The van der Waals surface area contributed by atoms with Crippen molar-refractivity contribution >= 4 is 28.9 Å². The maximum absolute atomic E-state index is 12.6. The maximum atomic E-state index is 12.6. The summed E-state index contributed by atoms with van der Waals surface area (Å²) in [7, 11) is 4.87. The normalized spacial score (nSPS) is 15.2. The van der Waals surface area contributed by atoms with Crippen LogP contribution in [0, 0.1) is 0 Å². The topological polar surface area (TPSA) is 72.9 Å². The number of methoxy groups -OCH3 is 3. The minimum absolute atomic E-state index is 0.110. The minimum Gasteiger partial charge on any atom is -0.496 e. The van der Waals surface area contributed by atoms with Crippen molar-refractivity contribution in [3.8, 4) is 17.2 Å². The first-order chi connectivity index (χ1) is 14.5. The Kier molecular flexibility index (Phi) is 7.18. The fourth-order valence-corrected chi connectivity index (χ4v) is 3.54. The van der Waals surface area contributed by atoms with Gasteiger partial charge < -0.3 is 19.5 Å². The Balaban J connectivity index is 1.73. The summed E-state index contributed by atoms with van der Waals surface area (Å²) in [6.45, 7) is 3.25. The third kappa shape index (κ3) is 4.86. The van der Waals surface area contributed by atoms with Gasteiger partial charge in [-0.25, -0.2) is 4.98 Å². The Hall–Kier alpha value is -2.77. The fraction of sp³-hybridized carbons (Fsp3) is 0.364. The van der Waals surface area contributed by atoms with Crippen LogP contribution in [0.4, 0.5) is 5.82 Å². The van der Waals surface area contributed by atoms with Crippen LogP contribution in [0.1, 0.15) is 18.9 Å². The molecular formula is C22H26ClN3O4. The van der Waals surface area contributed by atoms with Crippen LogP contribution < -0.4 is 19.5 Å². The number of nitrogens with zero attached hydrogens (tertiary/aromatic N) is 2. The molecule has 1 N–H and O–H groups in total. The second kappa shape index (κ2) is 9.82. The SMILES string of the molecule is COc1cc(OC)c(C2=CCN([C@@H](C)C(=O)Nc3ccc(Cl)cn3)CC2)c(OC)c1. The molecule has 0 saturated heterocycles. The third-order valence-corrected chi connectivity index (χ3v) is 5.41. The van der Waals surface area contributed by atoms with E-state index < -0.39 is 0 Å². The average molecular weight is 432 g/mol. The van der Waals surface area contributed by atoms with Crippen LogP contribution >= 0.6 is 11.6 Å². The lowest BCUT2D eigenvalue weighted by Gasteiger charge is -2.31. The molecule has 0 radical (unpaired) electrons. The maximum Gasteiger partial charge on any atom is 0.242 e. The number of hydrogen-bond acceptors (Lipinski definition) is 6. The summed E-state index contributed by atoms with van der Waals surface area (Å²) in [5.41, 5.74) is 2.04. The Labute approximate surface area is 181 Å². The van der Waals surface area contributed by atoms with E-state index in [4.69, 9.17) is 25.8 Å². The van der Waals surface area contributed by atoms with Crippen molar-refractivity contribution in [3.05, 3.63) is 47.1 Å². The van der Waals surface area contributed by atoms with Crippen LogP contribution in [0.15, 0.2) is 36.5 Å².